The van der Waals surface area contributed by atoms with Crippen molar-refractivity contribution in [1.29, 1.82) is 0 Å². The number of hydrogen-bond acceptors (Lipinski definition) is 4. The summed E-state index contributed by atoms with van der Waals surface area (Å²) in [5, 5.41) is 2.89. The van der Waals surface area contributed by atoms with Crippen LogP contribution in [0.2, 0.25) is 0 Å². The fourth-order valence-corrected chi connectivity index (χ4v) is 2.02. The molecule has 5 heteroatoms. The lowest BCUT2D eigenvalue weighted by molar-refractivity contribution is -0.123. The lowest BCUT2D eigenvalue weighted by Crippen LogP contribution is -2.31. The van der Waals surface area contributed by atoms with E-state index in [0.717, 1.165) is 17.7 Å². The molecule has 0 aliphatic heterocycles. The average molecular weight is 314 g/mol. The van der Waals surface area contributed by atoms with Crippen molar-refractivity contribution < 1.29 is 14.3 Å². The van der Waals surface area contributed by atoms with E-state index in [1.54, 1.807) is 24.5 Å². The van der Waals surface area contributed by atoms with Gasteiger partial charge in [0.05, 0.1) is 12.6 Å². The molecule has 23 heavy (non-hydrogen) atoms. The minimum Gasteiger partial charge on any atom is -0.494 e. The van der Waals surface area contributed by atoms with Crippen LogP contribution in [0.3, 0.4) is 0 Å². The first-order chi connectivity index (χ1) is 11.2. The molecule has 1 unspecified atom stereocenters. The molecule has 1 aromatic heterocycles. The van der Waals surface area contributed by atoms with Gasteiger partial charge in [-0.25, -0.2) is 0 Å². The number of carbonyl (C=O) groups excluding carboxylic acids is 1. The van der Waals surface area contributed by atoms with Crippen molar-refractivity contribution >= 4 is 5.91 Å². The number of amides is 1. The van der Waals surface area contributed by atoms with Crippen molar-refractivity contribution in [3.63, 3.8) is 0 Å². The summed E-state index contributed by atoms with van der Waals surface area (Å²) in [6.45, 7) is 4.65. The first-order valence-corrected chi connectivity index (χ1v) is 7.74. The fourth-order valence-electron chi connectivity index (χ4n) is 2.02. The molecule has 0 bridgehead atoms. The molecule has 122 valence electrons. The maximum Gasteiger partial charge on any atom is 0.258 e. The van der Waals surface area contributed by atoms with Crippen LogP contribution >= 0.6 is 0 Å². The quantitative estimate of drug-likeness (QED) is 0.813. The van der Waals surface area contributed by atoms with Gasteiger partial charge in [0.1, 0.15) is 11.5 Å². The second-order valence-corrected chi connectivity index (χ2v) is 5.18. The SMILES string of the molecule is CCCOc1ccc(OCC(=O)NC(C)c2ccncc2)cc1. The molecule has 0 spiro atoms. The van der Waals surface area contributed by atoms with Crippen LogP contribution < -0.4 is 14.8 Å². The van der Waals surface area contributed by atoms with Gasteiger partial charge in [0.25, 0.3) is 5.91 Å². The summed E-state index contributed by atoms with van der Waals surface area (Å²) in [5.74, 6) is 1.27. The Labute approximate surface area is 136 Å². The third-order valence-corrected chi connectivity index (χ3v) is 3.25. The van der Waals surface area contributed by atoms with Gasteiger partial charge >= 0.3 is 0 Å². The Hall–Kier alpha value is -2.56. The number of nitrogens with one attached hydrogen (secondary N) is 1. The number of carbonyl (C=O) groups is 1. The predicted molar refractivity (Wildman–Crippen MR) is 88.5 cm³/mol. The molecule has 0 radical (unpaired) electrons. The highest BCUT2D eigenvalue weighted by Gasteiger charge is 2.09. The number of pyridine rings is 1. The van der Waals surface area contributed by atoms with E-state index in [1.165, 1.54) is 0 Å². The van der Waals surface area contributed by atoms with Gasteiger partial charge in [-0.1, -0.05) is 6.92 Å². The van der Waals surface area contributed by atoms with Crippen molar-refractivity contribution in [3.05, 3.63) is 54.4 Å². The highest BCUT2D eigenvalue weighted by Crippen LogP contribution is 2.17. The lowest BCUT2D eigenvalue weighted by atomic mass is 10.1. The second-order valence-electron chi connectivity index (χ2n) is 5.18. The number of rotatable bonds is 8. The molecular formula is C18H22N2O3. The Morgan fingerprint density at radius 1 is 1.09 bits per heavy atom. The zero-order valence-corrected chi connectivity index (χ0v) is 13.5. The summed E-state index contributed by atoms with van der Waals surface area (Å²) < 4.78 is 11.0. The zero-order valence-electron chi connectivity index (χ0n) is 13.5. The van der Waals surface area contributed by atoms with Crippen molar-refractivity contribution in [2.45, 2.75) is 26.3 Å². The summed E-state index contributed by atoms with van der Waals surface area (Å²) >= 11 is 0. The summed E-state index contributed by atoms with van der Waals surface area (Å²) in [4.78, 5) is 15.9. The van der Waals surface area contributed by atoms with Crippen molar-refractivity contribution in [3.8, 4) is 11.5 Å². The largest absolute Gasteiger partial charge is 0.494 e. The summed E-state index contributed by atoms with van der Waals surface area (Å²) in [7, 11) is 0. The Kier molecular flexibility index (Phi) is 6.41. The highest BCUT2D eigenvalue weighted by molar-refractivity contribution is 5.78. The molecule has 1 N–H and O–H groups in total. The molecule has 1 amide bonds. The van der Waals surface area contributed by atoms with Crippen molar-refractivity contribution in [2.24, 2.45) is 0 Å². The second kappa shape index (κ2) is 8.78. The number of ether oxygens (including phenoxy) is 2. The van der Waals surface area contributed by atoms with E-state index in [-0.39, 0.29) is 18.6 Å². The van der Waals surface area contributed by atoms with Crippen LogP contribution in [0.5, 0.6) is 11.5 Å². The summed E-state index contributed by atoms with van der Waals surface area (Å²) in [6, 6.07) is 10.9. The minimum absolute atomic E-state index is 0.0232. The molecule has 1 atom stereocenters. The normalized spacial score (nSPS) is 11.6. The van der Waals surface area contributed by atoms with E-state index < -0.39 is 0 Å². The maximum absolute atomic E-state index is 11.9. The zero-order chi connectivity index (χ0) is 16.5. The average Bonchev–Trinajstić information content (AvgIpc) is 2.59. The van der Waals surface area contributed by atoms with Crippen LogP contribution in [-0.2, 0) is 4.79 Å². The molecule has 0 saturated heterocycles. The van der Waals surface area contributed by atoms with Gasteiger partial charge in [0.2, 0.25) is 0 Å². The molecule has 2 aromatic rings. The number of hydrogen-bond donors (Lipinski definition) is 1. The predicted octanol–water partition coefficient (Wildman–Crippen LogP) is 3.13. The minimum atomic E-state index is -0.166. The fraction of sp³-hybridized carbons (Fsp3) is 0.333. The number of nitrogens with zero attached hydrogens (tertiary/aromatic N) is 1. The summed E-state index contributed by atoms with van der Waals surface area (Å²) in [5.41, 5.74) is 1.01. The third kappa shape index (κ3) is 5.62. The Morgan fingerprint density at radius 3 is 2.30 bits per heavy atom. The first-order valence-electron chi connectivity index (χ1n) is 7.74. The summed E-state index contributed by atoms with van der Waals surface area (Å²) in [6.07, 6.45) is 4.38. The van der Waals surface area contributed by atoms with Crippen LogP contribution in [0.15, 0.2) is 48.8 Å². The van der Waals surface area contributed by atoms with E-state index in [9.17, 15) is 4.79 Å². The first kappa shape index (κ1) is 16.8. The smallest absolute Gasteiger partial charge is 0.258 e. The van der Waals surface area contributed by atoms with Crippen LogP contribution in [0.1, 0.15) is 31.9 Å². The van der Waals surface area contributed by atoms with Gasteiger partial charge in [0.15, 0.2) is 6.61 Å². The van der Waals surface area contributed by atoms with Gasteiger partial charge in [-0.05, 0) is 55.3 Å². The van der Waals surface area contributed by atoms with Crippen LogP contribution in [0, 0.1) is 0 Å². The van der Waals surface area contributed by atoms with Crippen molar-refractivity contribution in [2.75, 3.05) is 13.2 Å². The van der Waals surface area contributed by atoms with E-state index in [1.807, 2.05) is 31.2 Å². The molecule has 0 saturated carbocycles. The monoisotopic (exact) mass is 314 g/mol. The Balaban J connectivity index is 1.77. The van der Waals surface area contributed by atoms with E-state index in [4.69, 9.17) is 9.47 Å². The lowest BCUT2D eigenvalue weighted by Gasteiger charge is -2.14. The van der Waals surface area contributed by atoms with Gasteiger partial charge in [-0.2, -0.15) is 0 Å². The Bertz CT molecular complexity index is 599. The molecule has 5 nitrogen and oxygen atoms in total. The van der Waals surface area contributed by atoms with E-state index in [2.05, 4.69) is 17.2 Å². The number of benzene rings is 1. The topological polar surface area (TPSA) is 60.5 Å². The molecule has 0 fully saturated rings. The Morgan fingerprint density at radius 2 is 1.70 bits per heavy atom. The number of aromatic nitrogens is 1. The van der Waals surface area contributed by atoms with Gasteiger partial charge in [-0.15, -0.1) is 0 Å². The van der Waals surface area contributed by atoms with Crippen LogP contribution in [0.4, 0.5) is 0 Å². The molecule has 0 aliphatic rings. The maximum atomic E-state index is 11.9. The standard InChI is InChI=1S/C18H22N2O3/c1-3-12-22-16-4-6-17(7-5-16)23-13-18(21)20-14(2)15-8-10-19-11-9-15/h4-11,14H,3,12-13H2,1-2H3,(H,20,21). The van der Waals surface area contributed by atoms with Crippen LogP contribution in [0.25, 0.3) is 0 Å². The van der Waals surface area contributed by atoms with Gasteiger partial charge < -0.3 is 14.8 Å². The van der Waals surface area contributed by atoms with Crippen molar-refractivity contribution in [1.82, 2.24) is 10.3 Å². The van der Waals surface area contributed by atoms with E-state index >= 15 is 0 Å². The third-order valence-electron chi connectivity index (χ3n) is 3.25. The molecule has 2 rings (SSSR count). The molecule has 0 aliphatic carbocycles. The van der Waals surface area contributed by atoms with E-state index in [0.29, 0.717) is 12.4 Å². The van der Waals surface area contributed by atoms with Gasteiger partial charge in [-0.3, -0.25) is 9.78 Å². The van der Waals surface area contributed by atoms with Gasteiger partial charge in [0, 0.05) is 12.4 Å². The molecule has 1 aromatic carbocycles. The van der Waals surface area contributed by atoms with Crippen LogP contribution in [-0.4, -0.2) is 24.1 Å². The molecular weight excluding hydrogens is 292 g/mol. The molecule has 1 heterocycles. The highest BCUT2D eigenvalue weighted by atomic mass is 16.5.